The highest BCUT2D eigenvalue weighted by Gasteiger charge is 2.29. The number of amides is 2. The molecular formula is C17H20N4O2. The zero-order chi connectivity index (χ0) is 16.2. The molecule has 1 unspecified atom stereocenters. The number of aromatic nitrogens is 2. The van der Waals surface area contributed by atoms with Gasteiger partial charge in [-0.25, -0.2) is 4.68 Å². The summed E-state index contributed by atoms with van der Waals surface area (Å²) in [7, 11) is 0. The van der Waals surface area contributed by atoms with E-state index in [1.54, 1.807) is 15.8 Å². The van der Waals surface area contributed by atoms with Gasteiger partial charge in [-0.05, 0) is 30.5 Å². The van der Waals surface area contributed by atoms with Crippen LogP contribution in [0.3, 0.4) is 0 Å². The Morgan fingerprint density at radius 2 is 2.04 bits per heavy atom. The van der Waals surface area contributed by atoms with Crippen molar-refractivity contribution in [1.29, 1.82) is 0 Å². The lowest BCUT2D eigenvalue weighted by Crippen LogP contribution is -2.31. The second-order valence-electron chi connectivity index (χ2n) is 5.86. The number of nitrogens with two attached hydrogens (primary N) is 1. The molecule has 23 heavy (non-hydrogen) atoms. The van der Waals surface area contributed by atoms with Gasteiger partial charge in [0.15, 0.2) is 0 Å². The third-order valence-electron chi connectivity index (χ3n) is 4.23. The maximum Gasteiger partial charge on any atom is 0.222 e. The molecule has 2 N–H and O–H groups in total. The lowest BCUT2D eigenvalue weighted by Gasteiger charge is -2.15. The largest absolute Gasteiger partial charge is 0.369 e. The van der Waals surface area contributed by atoms with E-state index in [-0.39, 0.29) is 17.7 Å². The Kier molecular flexibility index (Phi) is 4.41. The van der Waals surface area contributed by atoms with Crippen LogP contribution in [0.4, 0.5) is 0 Å². The maximum absolute atomic E-state index is 12.2. The van der Waals surface area contributed by atoms with Crippen LogP contribution in [0.2, 0.25) is 0 Å². The maximum atomic E-state index is 12.2. The normalized spacial score (nSPS) is 17.4. The summed E-state index contributed by atoms with van der Waals surface area (Å²) >= 11 is 0. The lowest BCUT2D eigenvalue weighted by molar-refractivity contribution is -0.130. The summed E-state index contributed by atoms with van der Waals surface area (Å²) in [6.45, 7) is 1.08. The van der Waals surface area contributed by atoms with E-state index in [2.05, 4.69) is 5.10 Å². The van der Waals surface area contributed by atoms with Crippen molar-refractivity contribution in [2.45, 2.75) is 19.3 Å². The molecule has 3 rings (SSSR count). The van der Waals surface area contributed by atoms with E-state index < -0.39 is 0 Å². The first kappa shape index (κ1) is 15.3. The van der Waals surface area contributed by atoms with Gasteiger partial charge in [-0.15, -0.1) is 0 Å². The molecule has 2 aromatic rings. The number of primary amides is 1. The molecule has 120 valence electrons. The predicted octanol–water partition coefficient (Wildman–Crippen LogP) is 1.14. The number of likely N-dealkylation sites (tertiary alicyclic amines) is 1. The number of nitrogens with zero attached hydrogens (tertiary/aromatic N) is 3. The van der Waals surface area contributed by atoms with Crippen LogP contribution in [-0.2, 0) is 16.0 Å². The third-order valence-corrected chi connectivity index (χ3v) is 4.23. The van der Waals surface area contributed by atoms with Gasteiger partial charge >= 0.3 is 0 Å². The van der Waals surface area contributed by atoms with Gasteiger partial charge in [-0.1, -0.05) is 18.2 Å². The van der Waals surface area contributed by atoms with Gasteiger partial charge in [0.2, 0.25) is 11.8 Å². The smallest absolute Gasteiger partial charge is 0.222 e. The van der Waals surface area contributed by atoms with E-state index in [4.69, 9.17) is 5.73 Å². The minimum atomic E-state index is -0.315. The topological polar surface area (TPSA) is 81.2 Å². The van der Waals surface area contributed by atoms with Crippen LogP contribution in [0, 0.1) is 5.92 Å². The van der Waals surface area contributed by atoms with Gasteiger partial charge < -0.3 is 10.6 Å². The Bertz CT molecular complexity index is 696. The quantitative estimate of drug-likeness (QED) is 0.899. The molecule has 1 saturated heterocycles. The molecule has 2 heterocycles. The molecule has 6 nitrogen and oxygen atoms in total. The van der Waals surface area contributed by atoms with Crippen LogP contribution >= 0.6 is 0 Å². The first-order chi connectivity index (χ1) is 11.1. The number of hydrogen-bond acceptors (Lipinski definition) is 3. The van der Waals surface area contributed by atoms with E-state index in [9.17, 15) is 9.59 Å². The first-order valence-electron chi connectivity index (χ1n) is 7.79. The van der Waals surface area contributed by atoms with Gasteiger partial charge in [0, 0.05) is 25.7 Å². The first-order valence-corrected chi connectivity index (χ1v) is 7.79. The third kappa shape index (κ3) is 3.59. The number of para-hydroxylation sites is 1. The summed E-state index contributed by atoms with van der Waals surface area (Å²) in [5, 5.41) is 4.33. The summed E-state index contributed by atoms with van der Waals surface area (Å²) in [6, 6.07) is 9.85. The highest BCUT2D eigenvalue weighted by Crippen LogP contribution is 2.17. The molecule has 0 bridgehead atoms. The molecule has 0 radical (unpaired) electrons. The van der Waals surface area contributed by atoms with Crippen molar-refractivity contribution in [3.63, 3.8) is 0 Å². The second-order valence-corrected chi connectivity index (χ2v) is 5.86. The van der Waals surface area contributed by atoms with Crippen molar-refractivity contribution >= 4 is 11.8 Å². The van der Waals surface area contributed by atoms with Crippen molar-refractivity contribution in [2.24, 2.45) is 11.7 Å². The Morgan fingerprint density at radius 1 is 1.26 bits per heavy atom. The van der Waals surface area contributed by atoms with Crippen LogP contribution in [0.25, 0.3) is 5.69 Å². The molecular weight excluding hydrogens is 292 g/mol. The number of carbonyl (C=O) groups is 2. The number of benzene rings is 1. The van der Waals surface area contributed by atoms with Crippen LogP contribution in [-0.4, -0.2) is 39.6 Å². The van der Waals surface area contributed by atoms with Gasteiger partial charge in [-0.2, -0.15) is 5.10 Å². The SMILES string of the molecule is NC(=O)C1CCN(C(=O)CCc2cnn(-c3ccccc3)c2)C1. The predicted molar refractivity (Wildman–Crippen MR) is 85.8 cm³/mol. The Balaban J connectivity index is 1.54. The summed E-state index contributed by atoms with van der Waals surface area (Å²) in [5.74, 6) is -0.439. The molecule has 1 aromatic carbocycles. The van der Waals surface area contributed by atoms with Gasteiger partial charge in [-0.3, -0.25) is 9.59 Å². The minimum absolute atomic E-state index is 0.0706. The highest BCUT2D eigenvalue weighted by molar-refractivity contribution is 5.81. The van der Waals surface area contributed by atoms with Gasteiger partial charge in [0.1, 0.15) is 0 Å². The molecule has 0 aliphatic carbocycles. The fraction of sp³-hybridized carbons (Fsp3) is 0.353. The highest BCUT2D eigenvalue weighted by atomic mass is 16.2. The van der Waals surface area contributed by atoms with E-state index in [0.717, 1.165) is 11.3 Å². The molecule has 0 spiro atoms. The summed E-state index contributed by atoms with van der Waals surface area (Å²) in [6.07, 6.45) is 5.47. The molecule has 0 saturated carbocycles. The average molecular weight is 312 g/mol. The van der Waals surface area contributed by atoms with E-state index >= 15 is 0 Å². The van der Waals surface area contributed by atoms with Crippen molar-refractivity contribution in [2.75, 3.05) is 13.1 Å². The van der Waals surface area contributed by atoms with Crippen molar-refractivity contribution in [3.05, 3.63) is 48.3 Å². The number of rotatable bonds is 5. The Labute approximate surface area is 134 Å². The van der Waals surface area contributed by atoms with E-state index in [1.165, 1.54) is 0 Å². The van der Waals surface area contributed by atoms with Crippen molar-refractivity contribution < 1.29 is 9.59 Å². The monoisotopic (exact) mass is 312 g/mol. The van der Waals surface area contributed by atoms with Gasteiger partial charge in [0.25, 0.3) is 0 Å². The fourth-order valence-corrected chi connectivity index (χ4v) is 2.84. The number of aryl methyl sites for hydroxylation is 1. The summed E-state index contributed by atoms with van der Waals surface area (Å²) in [5.41, 5.74) is 7.31. The standard InChI is InChI=1S/C17H20N4O2/c18-17(23)14-8-9-20(12-14)16(22)7-6-13-10-19-21(11-13)15-4-2-1-3-5-15/h1-5,10-11,14H,6-9,12H2,(H2,18,23). The van der Waals surface area contributed by atoms with Crippen LogP contribution in [0.15, 0.2) is 42.7 Å². The zero-order valence-corrected chi connectivity index (χ0v) is 12.9. The summed E-state index contributed by atoms with van der Waals surface area (Å²) in [4.78, 5) is 25.1. The molecule has 1 atom stereocenters. The molecule has 6 heteroatoms. The Hall–Kier alpha value is -2.63. The molecule has 1 aliphatic heterocycles. The summed E-state index contributed by atoms with van der Waals surface area (Å²) < 4.78 is 1.80. The number of hydrogen-bond donors (Lipinski definition) is 1. The molecule has 1 aliphatic rings. The minimum Gasteiger partial charge on any atom is -0.369 e. The van der Waals surface area contributed by atoms with Crippen LogP contribution in [0.1, 0.15) is 18.4 Å². The van der Waals surface area contributed by atoms with Crippen LogP contribution < -0.4 is 5.73 Å². The average Bonchev–Trinajstić information content (AvgIpc) is 3.23. The van der Waals surface area contributed by atoms with Gasteiger partial charge in [0.05, 0.1) is 17.8 Å². The van der Waals surface area contributed by atoms with E-state index in [1.807, 2.05) is 36.5 Å². The zero-order valence-electron chi connectivity index (χ0n) is 12.9. The molecule has 1 aromatic heterocycles. The molecule has 2 amide bonds. The molecule has 1 fully saturated rings. The Morgan fingerprint density at radius 3 is 2.74 bits per heavy atom. The van der Waals surface area contributed by atoms with Crippen molar-refractivity contribution in [1.82, 2.24) is 14.7 Å². The van der Waals surface area contributed by atoms with Crippen LogP contribution in [0.5, 0.6) is 0 Å². The number of carbonyl (C=O) groups excluding carboxylic acids is 2. The second kappa shape index (κ2) is 6.64. The fourth-order valence-electron chi connectivity index (χ4n) is 2.84. The van der Waals surface area contributed by atoms with E-state index in [0.29, 0.717) is 32.4 Å². The lowest BCUT2D eigenvalue weighted by atomic mass is 10.1. The van der Waals surface area contributed by atoms with Crippen molar-refractivity contribution in [3.8, 4) is 5.69 Å².